The highest BCUT2D eigenvalue weighted by Crippen LogP contribution is 2.30. The summed E-state index contributed by atoms with van der Waals surface area (Å²) in [5.41, 5.74) is 2.53. The van der Waals surface area contributed by atoms with Gasteiger partial charge in [0.05, 0.1) is 12.6 Å². The number of hydrogen-bond donors (Lipinski definition) is 0. The molecule has 0 saturated carbocycles. The first-order valence-corrected chi connectivity index (χ1v) is 8.95. The molecule has 1 aliphatic rings. The van der Waals surface area contributed by atoms with Crippen LogP contribution in [-0.2, 0) is 11.2 Å². The molecule has 3 heteroatoms. The predicted molar refractivity (Wildman–Crippen MR) is 97.3 cm³/mol. The van der Waals surface area contributed by atoms with Gasteiger partial charge in [0.25, 0.3) is 0 Å². The molecular formula is C20H21NOS. The molecule has 0 fully saturated rings. The van der Waals surface area contributed by atoms with E-state index in [0.29, 0.717) is 0 Å². The van der Waals surface area contributed by atoms with Crippen molar-refractivity contribution in [3.63, 3.8) is 0 Å². The normalized spacial score (nSPS) is 15.6. The van der Waals surface area contributed by atoms with Gasteiger partial charge < -0.3 is 4.90 Å². The molecule has 1 heterocycles. The summed E-state index contributed by atoms with van der Waals surface area (Å²) < 4.78 is 0. The Hall–Kier alpha value is -2.00. The highest BCUT2D eigenvalue weighted by atomic mass is 32.2. The van der Waals surface area contributed by atoms with Gasteiger partial charge in [-0.25, -0.2) is 0 Å². The third-order valence-corrected chi connectivity index (χ3v) is 5.19. The lowest BCUT2D eigenvalue weighted by atomic mass is 10.1. The quantitative estimate of drug-likeness (QED) is 0.783. The van der Waals surface area contributed by atoms with E-state index in [1.165, 1.54) is 16.0 Å². The molecule has 1 amide bonds. The van der Waals surface area contributed by atoms with Crippen molar-refractivity contribution in [2.45, 2.75) is 19.4 Å². The van der Waals surface area contributed by atoms with Gasteiger partial charge in [0, 0.05) is 16.7 Å². The largest absolute Gasteiger partial charge is 0.328 e. The van der Waals surface area contributed by atoms with E-state index >= 15 is 0 Å². The monoisotopic (exact) mass is 323 g/mol. The Morgan fingerprint density at radius 2 is 1.70 bits per heavy atom. The first-order chi connectivity index (χ1) is 11.2. The number of hydrogen-bond acceptors (Lipinski definition) is 2. The molecule has 0 unspecified atom stereocenters. The van der Waals surface area contributed by atoms with Crippen molar-refractivity contribution < 1.29 is 4.79 Å². The zero-order valence-corrected chi connectivity index (χ0v) is 14.1. The summed E-state index contributed by atoms with van der Waals surface area (Å²) in [6, 6.07) is 20.8. The molecule has 2 aromatic rings. The predicted octanol–water partition coefficient (Wildman–Crippen LogP) is 4.45. The minimum Gasteiger partial charge on any atom is -0.328 e. The zero-order valence-electron chi connectivity index (χ0n) is 13.3. The van der Waals surface area contributed by atoms with Gasteiger partial charge in [0.2, 0.25) is 5.91 Å². The summed E-state index contributed by atoms with van der Waals surface area (Å²) in [6.07, 6.45) is 2.83. The second-order valence-corrected chi connectivity index (χ2v) is 6.97. The average Bonchev–Trinajstić information content (AvgIpc) is 2.97. The van der Waals surface area contributed by atoms with E-state index in [9.17, 15) is 4.79 Å². The van der Waals surface area contributed by atoms with E-state index in [2.05, 4.69) is 43.3 Å². The Balaban J connectivity index is 1.53. The summed E-state index contributed by atoms with van der Waals surface area (Å²) in [5.74, 6) is 1.14. The third-order valence-electron chi connectivity index (χ3n) is 4.16. The number of benzene rings is 2. The van der Waals surface area contributed by atoms with E-state index in [4.69, 9.17) is 0 Å². The van der Waals surface area contributed by atoms with E-state index < -0.39 is 0 Å². The third kappa shape index (κ3) is 4.05. The molecule has 2 nitrogen and oxygen atoms in total. The van der Waals surface area contributed by atoms with Crippen LogP contribution >= 0.6 is 11.8 Å². The van der Waals surface area contributed by atoms with Crippen LogP contribution in [0.4, 0.5) is 0 Å². The number of rotatable bonds is 6. The Bertz CT molecular complexity index is 681. The molecule has 23 heavy (non-hydrogen) atoms. The summed E-state index contributed by atoms with van der Waals surface area (Å²) in [4.78, 5) is 15.4. The van der Waals surface area contributed by atoms with Crippen LogP contribution in [0.25, 0.3) is 0 Å². The zero-order chi connectivity index (χ0) is 16.1. The van der Waals surface area contributed by atoms with Gasteiger partial charge in [-0.05, 0) is 24.5 Å². The summed E-state index contributed by atoms with van der Waals surface area (Å²) in [7, 11) is 0. The standard InChI is InChI=1S/C20H21NOS/c1-16(18-10-6-3-7-11-18)21-15-19(14-20(21)22)23-13-12-17-8-4-2-5-9-17/h2-11,14,16H,12-13,15H2,1H3/t16-/m0/s1. The van der Waals surface area contributed by atoms with E-state index in [1.807, 2.05) is 29.2 Å². The number of amides is 1. The molecule has 0 radical (unpaired) electrons. The van der Waals surface area contributed by atoms with Gasteiger partial charge in [-0.3, -0.25) is 4.79 Å². The van der Waals surface area contributed by atoms with Gasteiger partial charge in [-0.2, -0.15) is 0 Å². The minimum absolute atomic E-state index is 0.118. The molecule has 0 N–H and O–H groups in total. The summed E-state index contributed by atoms with van der Waals surface area (Å²) >= 11 is 1.80. The molecule has 1 atom stereocenters. The van der Waals surface area contributed by atoms with Crippen LogP contribution in [0, 0.1) is 0 Å². The maximum atomic E-state index is 12.3. The lowest BCUT2D eigenvalue weighted by Crippen LogP contribution is -2.29. The number of thioether (sulfide) groups is 1. The number of nitrogens with zero attached hydrogens (tertiary/aromatic N) is 1. The molecule has 3 rings (SSSR count). The minimum atomic E-state index is 0.118. The lowest BCUT2D eigenvalue weighted by molar-refractivity contribution is -0.126. The van der Waals surface area contributed by atoms with Crippen LogP contribution < -0.4 is 0 Å². The Kier molecular flexibility index (Phi) is 5.19. The number of aryl methyl sites for hydroxylation is 1. The molecule has 0 aromatic heterocycles. The maximum absolute atomic E-state index is 12.3. The molecule has 118 valence electrons. The van der Waals surface area contributed by atoms with Crippen molar-refractivity contribution in [3.8, 4) is 0 Å². The number of carbonyl (C=O) groups is 1. The fourth-order valence-electron chi connectivity index (χ4n) is 2.78. The van der Waals surface area contributed by atoms with Crippen molar-refractivity contribution in [2.75, 3.05) is 12.3 Å². The molecule has 0 spiro atoms. The molecule has 0 bridgehead atoms. The van der Waals surface area contributed by atoms with Crippen LogP contribution in [0.5, 0.6) is 0 Å². The van der Waals surface area contributed by atoms with Gasteiger partial charge in [0.15, 0.2) is 0 Å². The van der Waals surface area contributed by atoms with Crippen molar-refractivity contribution >= 4 is 17.7 Å². The van der Waals surface area contributed by atoms with Gasteiger partial charge in [-0.15, -0.1) is 11.8 Å². The van der Waals surface area contributed by atoms with Crippen molar-refractivity contribution in [2.24, 2.45) is 0 Å². The van der Waals surface area contributed by atoms with Crippen molar-refractivity contribution in [1.82, 2.24) is 4.90 Å². The summed E-state index contributed by atoms with van der Waals surface area (Å²) in [6.45, 7) is 2.83. The topological polar surface area (TPSA) is 20.3 Å². The van der Waals surface area contributed by atoms with Crippen LogP contribution in [0.3, 0.4) is 0 Å². The fourth-order valence-corrected chi connectivity index (χ4v) is 3.80. The van der Waals surface area contributed by atoms with Crippen LogP contribution in [0.15, 0.2) is 71.6 Å². The van der Waals surface area contributed by atoms with Crippen LogP contribution in [0.1, 0.15) is 24.1 Å². The first-order valence-electron chi connectivity index (χ1n) is 7.97. The smallest absolute Gasteiger partial charge is 0.248 e. The second-order valence-electron chi connectivity index (χ2n) is 5.75. The Labute approximate surface area is 142 Å². The second kappa shape index (κ2) is 7.51. The first kappa shape index (κ1) is 15.9. The maximum Gasteiger partial charge on any atom is 0.248 e. The van der Waals surface area contributed by atoms with Crippen LogP contribution in [-0.4, -0.2) is 23.1 Å². The van der Waals surface area contributed by atoms with Crippen LogP contribution in [0.2, 0.25) is 0 Å². The molecular weight excluding hydrogens is 302 g/mol. The summed E-state index contributed by atoms with van der Waals surface area (Å²) in [5, 5.41) is 0. The highest BCUT2D eigenvalue weighted by molar-refractivity contribution is 8.03. The highest BCUT2D eigenvalue weighted by Gasteiger charge is 2.26. The van der Waals surface area contributed by atoms with Crippen molar-refractivity contribution in [3.05, 3.63) is 82.8 Å². The van der Waals surface area contributed by atoms with Gasteiger partial charge >= 0.3 is 0 Å². The van der Waals surface area contributed by atoms with E-state index in [-0.39, 0.29) is 11.9 Å². The molecule has 1 aliphatic heterocycles. The Morgan fingerprint density at radius 3 is 2.39 bits per heavy atom. The molecule has 2 aromatic carbocycles. The van der Waals surface area contributed by atoms with Gasteiger partial charge in [-0.1, -0.05) is 60.7 Å². The number of carbonyl (C=O) groups excluding carboxylic acids is 1. The lowest BCUT2D eigenvalue weighted by Gasteiger charge is -2.25. The average molecular weight is 323 g/mol. The van der Waals surface area contributed by atoms with Crippen molar-refractivity contribution in [1.29, 1.82) is 0 Å². The van der Waals surface area contributed by atoms with Gasteiger partial charge in [0.1, 0.15) is 0 Å². The molecule has 0 saturated heterocycles. The SMILES string of the molecule is C[C@@H](c1ccccc1)N1CC(SCCc2ccccc2)=CC1=O. The van der Waals surface area contributed by atoms with E-state index in [0.717, 1.165) is 18.7 Å². The molecule has 0 aliphatic carbocycles. The van der Waals surface area contributed by atoms with E-state index in [1.54, 1.807) is 17.8 Å². The fraction of sp³-hybridized carbons (Fsp3) is 0.250. The Morgan fingerprint density at radius 1 is 1.04 bits per heavy atom.